The monoisotopic (exact) mass is 305 g/mol. The van der Waals surface area contributed by atoms with Gasteiger partial charge in [0.1, 0.15) is 6.04 Å². The summed E-state index contributed by atoms with van der Waals surface area (Å²) >= 11 is 0. The van der Waals surface area contributed by atoms with Gasteiger partial charge >= 0.3 is 0 Å². The molecule has 3 N–H and O–H groups in total. The van der Waals surface area contributed by atoms with Crippen molar-refractivity contribution in [2.24, 2.45) is 5.73 Å². The summed E-state index contributed by atoms with van der Waals surface area (Å²) in [6.07, 6.45) is 2.26. The predicted molar refractivity (Wildman–Crippen MR) is 89.4 cm³/mol. The average molecular weight is 305 g/mol. The number of amides is 2. The third-order valence-electron chi connectivity index (χ3n) is 3.55. The van der Waals surface area contributed by atoms with Gasteiger partial charge in [0.15, 0.2) is 0 Å². The first-order valence-electron chi connectivity index (χ1n) is 7.93. The smallest absolute Gasteiger partial charge is 0.246 e. The molecule has 2 unspecified atom stereocenters. The Balaban J connectivity index is 2.77. The highest BCUT2D eigenvalue weighted by Crippen LogP contribution is 2.11. The van der Waals surface area contributed by atoms with Gasteiger partial charge in [-0.2, -0.15) is 0 Å². The fourth-order valence-electron chi connectivity index (χ4n) is 2.29. The lowest BCUT2D eigenvalue weighted by atomic mass is 10.1. The van der Waals surface area contributed by atoms with Crippen LogP contribution in [0.2, 0.25) is 0 Å². The van der Waals surface area contributed by atoms with Crippen LogP contribution in [0.3, 0.4) is 0 Å². The number of benzene rings is 1. The molecule has 0 radical (unpaired) electrons. The summed E-state index contributed by atoms with van der Waals surface area (Å²) < 4.78 is 0. The highest BCUT2D eigenvalue weighted by molar-refractivity contribution is 5.97. The van der Waals surface area contributed by atoms with E-state index in [9.17, 15) is 9.59 Å². The van der Waals surface area contributed by atoms with Crippen molar-refractivity contribution >= 4 is 17.5 Å². The molecule has 1 aromatic rings. The molecule has 5 nitrogen and oxygen atoms in total. The van der Waals surface area contributed by atoms with Crippen molar-refractivity contribution in [1.29, 1.82) is 0 Å². The molecule has 0 saturated carbocycles. The van der Waals surface area contributed by atoms with Gasteiger partial charge in [-0.05, 0) is 31.9 Å². The topological polar surface area (TPSA) is 75.4 Å². The number of nitrogens with two attached hydrogens (primary N) is 1. The molecular weight excluding hydrogens is 278 g/mol. The van der Waals surface area contributed by atoms with Crippen LogP contribution in [0.1, 0.15) is 40.0 Å². The quantitative estimate of drug-likeness (QED) is 0.774. The van der Waals surface area contributed by atoms with Gasteiger partial charge in [-0.25, -0.2) is 0 Å². The lowest BCUT2D eigenvalue weighted by Crippen LogP contribution is -2.51. The van der Waals surface area contributed by atoms with Gasteiger partial charge < -0.3 is 16.0 Å². The number of carbonyl (C=O) groups excluding carboxylic acids is 2. The number of para-hydroxylation sites is 1. The second-order valence-corrected chi connectivity index (χ2v) is 5.46. The highest BCUT2D eigenvalue weighted by atomic mass is 16.2. The normalized spacial score (nSPS) is 13.3. The van der Waals surface area contributed by atoms with Gasteiger partial charge in [-0.3, -0.25) is 9.59 Å². The van der Waals surface area contributed by atoms with Crippen LogP contribution >= 0.6 is 0 Å². The van der Waals surface area contributed by atoms with E-state index in [1.165, 1.54) is 0 Å². The van der Waals surface area contributed by atoms with E-state index in [0.29, 0.717) is 13.0 Å². The van der Waals surface area contributed by atoms with Crippen molar-refractivity contribution in [3.63, 3.8) is 0 Å². The van der Waals surface area contributed by atoms with E-state index in [-0.39, 0.29) is 11.8 Å². The molecule has 0 aliphatic carbocycles. The van der Waals surface area contributed by atoms with Gasteiger partial charge in [-0.15, -0.1) is 0 Å². The largest absolute Gasteiger partial charge is 0.330 e. The Kier molecular flexibility index (Phi) is 7.60. The molecule has 0 saturated heterocycles. The number of nitrogens with zero attached hydrogens (tertiary/aromatic N) is 1. The summed E-state index contributed by atoms with van der Waals surface area (Å²) in [4.78, 5) is 26.4. The first-order valence-corrected chi connectivity index (χ1v) is 7.93. The summed E-state index contributed by atoms with van der Waals surface area (Å²) in [5.41, 5.74) is 6.65. The third-order valence-corrected chi connectivity index (χ3v) is 3.55. The van der Waals surface area contributed by atoms with Gasteiger partial charge in [0, 0.05) is 12.2 Å². The third kappa shape index (κ3) is 5.15. The van der Waals surface area contributed by atoms with Crippen molar-refractivity contribution in [1.82, 2.24) is 4.90 Å². The average Bonchev–Trinajstić information content (AvgIpc) is 2.52. The zero-order chi connectivity index (χ0) is 16.5. The van der Waals surface area contributed by atoms with Crippen LogP contribution in [0.4, 0.5) is 5.69 Å². The molecule has 0 aliphatic rings. The number of carbonyl (C=O) groups is 2. The van der Waals surface area contributed by atoms with Crippen LogP contribution < -0.4 is 11.1 Å². The maximum atomic E-state index is 12.4. The Morgan fingerprint density at radius 2 is 1.82 bits per heavy atom. The van der Waals surface area contributed by atoms with Crippen molar-refractivity contribution in [2.75, 3.05) is 11.9 Å². The lowest BCUT2D eigenvalue weighted by Gasteiger charge is -2.30. The number of rotatable bonds is 8. The molecule has 0 spiro atoms. The van der Waals surface area contributed by atoms with E-state index >= 15 is 0 Å². The molecule has 2 atom stereocenters. The van der Waals surface area contributed by atoms with Crippen molar-refractivity contribution in [2.45, 2.75) is 52.1 Å². The van der Waals surface area contributed by atoms with Crippen LogP contribution in [0.5, 0.6) is 0 Å². The first-order chi connectivity index (χ1) is 10.5. The SMILES string of the molecule is CCCC(N)C(=O)N(CCC)C(C)C(=O)Nc1ccccc1. The Hall–Kier alpha value is -1.88. The van der Waals surface area contributed by atoms with E-state index < -0.39 is 12.1 Å². The molecule has 1 aromatic carbocycles. The van der Waals surface area contributed by atoms with Crippen LogP contribution in [0.25, 0.3) is 0 Å². The van der Waals surface area contributed by atoms with Crippen LogP contribution in [0.15, 0.2) is 30.3 Å². The van der Waals surface area contributed by atoms with E-state index in [1.54, 1.807) is 11.8 Å². The van der Waals surface area contributed by atoms with Crippen molar-refractivity contribution in [3.8, 4) is 0 Å². The number of anilines is 1. The zero-order valence-electron chi connectivity index (χ0n) is 13.7. The summed E-state index contributed by atoms with van der Waals surface area (Å²) in [6, 6.07) is 8.15. The Bertz CT molecular complexity index is 476. The van der Waals surface area contributed by atoms with E-state index in [0.717, 1.165) is 18.5 Å². The Morgan fingerprint density at radius 3 is 2.36 bits per heavy atom. The summed E-state index contributed by atoms with van der Waals surface area (Å²) in [5, 5.41) is 2.83. The minimum absolute atomic E-state index is 0.153. The van der Waals surface area contributed by atoms with Crippen LogP contribution in [-0.2, 0) is 9.59 Å². The number of hydrogen-bond acceptors (Lipinski definition) is 3. The molecule has 22 heavy (non-hydrogen) atoms. The Labute approximate surface area is 132 Å². The van der Waals surface area contributed by atoms with E-state index in [1.807, 2.05) is 44.2 Å². The summed E-state index contributed by atoms with van der Waals surface area (Å²) in [5.74, 6) is -0.351. The van der Waals surface area contributed by atoms with E-state index in [2.05, 4.69) is 5.32 Å². The highest BCUT2D eigenvalue weighted by Gasteiger charge is 2.28. The van der Waals surface area contributed by atoms with Crippen LogP contribution in [-0.4, -0.2) is 35.3 Å². The van der Waals surface area contributed by atoms with Crippen molar-refractivity contribution < 1.29 is 9.59 Å². The van der Waals surface area contributed by atoms with Gasteiger partial charge in [-0.1, -0.05) is 38.5 Å². The number of nitrogens with one attached hydrogen (secondary N) is 1. The molecule has 2 amide bonds. The fraction of sp³-hybridized carbons (Fsp3) is 0.529. The predicted octanol–water partition coefficient (Wildman–Crippen LogP) is 2.38. The van der Waals surface area contributed by atoms with Crippen molar-refractivity contribution in [3.05, 3.63) is 30.3 Å². The second-order valence-electron chi connectivity index (χ2n) is 5.46. The standard InChI is InChI=1S/C17H27N3O2/c1-4-9-15(18)17(22)20(12-5-2)13(3)16(21)19-14-10-7-6-8-11-14/h6-8,10-11,13,15H,4-5,9,12,18H2,1-3H3,(H,19,21). The maximum absolute atomic E-state index is 12.4. The minimum Gasteiger partial charge on any atom is -0.330 e. The summed E-state index contributed by atoms with van der Waals surface area (Å²) in [6.45, 7) is 6.24. The van der Waals surface area contributed by atoms with E-state index in [4.69, 9.17) is 5.73 Å². The fourth-order valence-corrected chi connectivity index (χ4v) is 2.29. The summed E-state index contributed by atoms with van der Waals surface area (Å²) in [7, 11) is 0. The second kappa shape index (κ2) is 9.20. The molecule has 0 aromatic heterocycles. The molecule has 1 rings (SSSR count). The molecule has 122 valence electrons. The van der Waals surface area contributed by atoms with Gasteiger partial charge in [0.25, 0.3) is 0 Å². The maximum Gasteiger partial charge on any atom is 0.246 e. The van der Waals surface area contributed by atoms with Gasteiger partial charge in [0.05, 0.1) is 6.04 Å². The van der Waals surface area contributed by atoms with Gasteiger partial charge in [0.2, 0.25) is 11.8 Å². The minimum atomic E-state index is -0.546. The van der Waals surface area contributed by atoms with Crippen LogP contribution in [0, 0.1) is 0 Å². The molecule has 0 bridgehead atoms. The Morgan fingerprint density at radius 1 is 1.18 bits per heavy atom. The zero-order valence-corrected chi connectivity index (χ0v) is 13.7. The molecule has 5 heteroatoms. The molecule has 0 heterocycles. The molecular formula is C17H27N3O2. The molecule has 0 fully saturated rings. The first kappa shape index (κ1) is 18.2. The number of hydrogen-bond donors (Lipinski definition) is 2. The molecule has 0 aliphatic heterocycles. The lowest BCUT2D eigenvalue weighted by molar-refractivity contribution is -0.139.